The molecule has 0 radical (unpaired) electrons. The molecule has 5 nitrogen and oxygen atoms in total. The van der Waals surface area contributed by atoms with Gasteiger partial charge in [0.15, 0.2) is 5.82 Å². The number of carbonyl (C=O) groups is 1. The third-order valence-corrected chi connectivity index (χ3v) is 3.09. The van der Waals surface area contributed by atoms with Gasteiger partial charge in [0.05, 0.1) is 23.0 Å². The van der Waals surface area contributed by atoms with Gasteiger partial charge in [0, 0.05) is 13.2 Å². The van der Waals surface area contributed by atoms with E-state index in [0.717, 1.165) is 13.0 Å². The second-order valence-corrected chi connectivity index (χ2v) is 6.06. The molecule has 0 saturated carbocycles. The van der Waals surface area contributed by atoms with Crippen molar-refractivity contribution in [1.29, 1.82) is 0 Å². The van der Waals surface area contributed by atoms with Crippen LogP contribution in [-0.4, -0.2) is 30.8 Å². The maximum atomic E-state index is 14.4. The van der Waals surface area contributed by atoms with E-state index in [-0.39, 0.29) is 23.0 Å². The van der Waals surface area contributed by atoms with Crippen LogP contribution in [0.4, 0.5) is 15.8 Å². The Morgan fingerprint density at radius 3 is 2.71 bits per heavy atom. The molecule has 1 heterocycles. The summed E-state index contributed by atoms with van der Waals surface area (Å²) >= 11 is 0. The van der Waals surface area contributed by atoms with Crippen molar-refractivity contribution in [3.63, 3.8) is 0 Å². The van der Waals surface area contributed by atoms with Crippen LogP contribution < -0.4 is 11.1 Å². The van der Waals surface area contributed by atoms with Crippen molar-refractivity contribution >= 4 is 17.3 Å². The van der Waals surface area contributed by atoms with Gasteiger partial charge < -0.3 is 20.5 Å². The van der Waals surface area contributed by atoms with E-state index in [9.17, 15) is 9.18 Å². The lowest BCUT2D eigenvalue weighted by Crippen LogP contribution is -2.34. The van der Waals surface area contributed by atoms with Crippen LogP contribution in [0.1, 0.15) is 37.6 Å². The molecule has 21 heavy (non-hydrogen) atoms. The number of carbonyl (C=O) groups excluding carboxylic acids is 1. The molecule has 1 aliphatic heterocycles. The molecule has 0 aliphatic carbocycles. The molecule has 0 aromatic heterocycles. The number of ether oxygens (including phenoxy) is 2. The van der Waals surface area contributed by atoms with Crippen molar-refractivity contribution < 1.29 is 18.7 Å². The van der Waals surface area contributed by atoms with E-state index in [0.29, 0.717) is 6.54 Å². The van der Waals surface area contributed by atoms with Crippen LogP contribution in [0, 0.1) is 5.82 Å². The second kappa shape index (κ2) is 5.89. The van der Waals surface area contributed by atoms with E-state index in [4.69, 9.17) is 15.2 Å². The van der Waals surface area contributed by atoms with Crippen LogP contribution in [0.2, 0.25) is 0 Å². The minimum atomic E-state index is -0.706. The van der Waals surface area contributed by atoms with E-state index in [2.05, 4.69) is 5.32 Å². The smallest absolute Gasteiger partial charge is 0.341 e. The first kappa shape index (κ1) is 15.6. The highest BCUT2D eigenvalue weighted by molar-refractivity contribution is 5.92. The zero-order valence-corrected chi connectivity index (χ0v) is 12.5. The summed E-state index contributed by atoms with van der Waals surface area (Å²) in [5, 5.41) is 2.91. The summed E-state index contributed by atoms with van der Waals surface area (Å²) in [6.07, 6.45) is 0.995. The van der Waals surface area contributed by atoms with Crippen molar-refractivity contribution in [2.45, 2.75) is 38.9 Å². The number of hydrogen-bond donors (Lipinski definition) is 2. The molecule has 116 valence electrons. The lowest BCUT2D eigenvalue weighted by atomic mass is 10.1. The lowest BCUT2D eigenvalue weighted by molar-refractivity contribution is -0.0410. The number of benzene rings is 1. The van der Waals surface area contributed by atoms with E-state index < -0.39 is 17.4 Å². The Kier molecular flexibility index (Phi) is 4.37. The van der Waals surface area contributed by atoms with Gasteiger partial charge in [-0.2, -0.15) is 0 Å². The first-order valence-corrected chi connectivity index (χ1v) is 6.95. The second-order valence-electron chi connectivity index (χ2n) is 6.06. The number of anilines is 2. The highest BCUT2D eigenvalue weighted by Crippen LogP contribution is 2.27. The molecule has 1 saturated heterocycles. The third-order valence-electron chi connectivity index (χ3n) is 3.09. The number of halogens is 1. The summed E-state index contributed by atoms with van der Waals surface area (Å²) in [4.78, 5) is 12.0. The van der Waals surface area contributed by atoms with E-state index >= 15 is 0 Å². The summed E-state index contributed by atoms with van der Waals surface area (Å²) in [5.74, 6) is -1.40. The Labute approximate surface area is 123 Å². The summed E-state index contributed by atoms with van der Waals surface area (Å²) in [5.41, 5.74) is 5.33. The monoisotopic (exact) mass is 296 g/mol. The molecule has 0 bridgehead atoms. The number of nitrogen functional groups attached to an aromatic ring is 1. The number of hydrogen-bond acceptors (Lipinski definition) is 5. The zero-order valence-electron chi connectivity index (χ0n) is 12.5. The molecule has 0 amide bonds. The fourth-order valence-corrected chi connectivity index (χ4v) is 1.92. The fraction of sp³-hybridized carbons (Fsp3) is 0.533. The van der Waals surface area contributed by atoms with Crippen molar-refractivity contribution in [3.8, 4) is 0 Å². The molecule has 0 spiro atoms. The Morgan fingerprint density at radius 2 is 2.19 bits per heavy atom. The number of esters is 1. The fourth-order valence-electron chi connectivity index (χ4n) is 1.92. The standard InChI is InChI=1S/C15H21FN2O3/c1-15(2,3)21-14(19)10-4-5-11(17)13(12(10)16)18-8-9-6-7-20-9/h4-5,9,18H,6-8,17H2,1-3H3. The van der Waals surface area contributed by atoms with E-state index in [1.807, 2.05) is 0 Å². The molecule has 1 fully saturated rings. The minimum absolute atomic E-state index is 0.0639. The Morgan fingerprint density at radius 1 is 1.52 bits per heavy atom. The predicted molar refractivity (Wildman–Crippen MR) is 78.8 cm³/mol. The first-order valence-electron chi connectivity index (χ1n) is 6.95. The lowest BCUT2D eigenvalue weighted by Gasteiger charge is -2.27. The summed E-state index contributed by atoms with van der Waals surface area (Å²) in [6.45, 7) is 6.37. The van der Waals surface area contributed by atoms with Crippen LogP contribution in [0.5, 0.6) is 0 Å². The van der Waals surface area contributed by atoms with Crippen molar-refractivity contribution in [2.75, 3.05) is 24.2 Å². The minimum Gasteiger partial charge on any atom is -0.456 e. The molecule has 6 heteroatoms. The Bertz CT molecular complexity index is 536. The van der Waals surface area contributed by atoms with Crippen LogP contribution in [0.3, 0.4) is 0 Å². The number of nitrogens with two attached hydrogens (primary N) is 1. The molecule has 1 aromatic carbocycles. The number of nitrogens with one attached hydrogen (secondary N) is 1. The first-order chi connectivity index (χ1) is 9.78. The van der Waals surface area contributed by atoms with Gasteiger partial charge in [-0.25, -0.2) is 9.18 Å². The van der Waals surface area contributed by atoms with Crippen LogP contribution in [-0.2, 0) is 9.47 Å². The van der Waals surface area contributed by atoms with Gasteiger partial charge in [-0.1, -0.05) is 0 Å². The molecule has 2 rings (SSSR count). The van der Waals surface area contributed by atoms with E-state index in [1.54, 1.807) is 20.8 Å². The average Bonchev–Trinajstić information content (AvgIpc) is 2.28. The highest BCUT2D eigenvalue weighted by atomic mass is 19.1. The van der Waals surface area contributed by atoms with Gasteiger partial charge in [0.1, 0.15) is 5.60 Å². The van der Waals surface area contributed by atoms with Gasteiger partial charge in [-0.15, -0.1) is 0 Å². The van der Waals surface area contributed by atoms with Gasteiger partial charge in [-0.3, -0.25) is 0 Å². The maximum absolute atomic E-state index is 14.4. The number of rotatable bonds is 4. The summed E-state index contributed by atoms with van der Waals surface area (Å²) < 4.78 is 24.9. The molecule has 1 atom stereocenters. The van der Waals surface area contributed by atoms with Gasteiger partial charge in [0.2, 0.25) is 0 Å². The molecule has 3 N–H and O–H groups in total. The summed E-state index contributed by atoms with van der Waals surface area (Å²) in [7, 11) is 0. The largest absolute Gasteiger partial charge is 0.456 e. The van der Waals surface area contributed by atoms with Crippen molar-refractivity contribution in [2.24, 2.45) is 0 Å². The molecular weight excluding hydrogens is 275 g/mol. The van der Waals surface area contributed by atoms with Crippen LogP contribution in [0.25, 0.3) is 0 Å². The van der Waals surface area contributed by atoms with Crippen LogP contribution in [0.15, 0.2) is 12.1 Å². The topological polar surface area (TPSA) is 73.6 Å². The molecule has 1 aliphatic rings. The zero-order chi connectivity index (χ0) is 15.6. The Balaban J connectivity index is 2.17. The van der Waals surface area contributed by atoms with Crippen molar-refractivity contribution in [3.05, 3.63) is 23.5 Å². The van der Waals surface area contributed by atoms with Crippen molar-refractivity contribution in [1.82, 2.24) is 0 Å². The molecule has 1 unspecified atom stereocenters. The normalized spacial score (nSPS) is 18.0. The maximum Gasteiger partial charge on any atom is 0.341 e. The van der Waals surface area contributed by atoms with Gasteiger partial charge >= 0.3 is 5.97 Å². The predicted octanol–water partition coefficient (Wildman–Crippen LogP) is 2.56. The quantitative estimate of drug-likeness (QED) is 0.660. The SMILES string of the molecule is CC(C)(C)OC(=O)c1ccc(N)c(NCC2CCO2)c1F. The Hall–Kier alpha value is -1.82. The third kappa shape index (κ3) is 3.85. The van der Waals surface area contributed by atoms with Gasteiger partial charge in [-0.05, 0) is 39.3 Å². The molecular formula is C15H21FN2O3. The van der Waals surface area contributed by atoms with Crippen LogP contribution >= 0.6 is 0 Å². The average molecular weight is 296 g/mol. The van der Waals surface area contributed by atoms with Gasteiger partial charge in [0.25, 0.3) is 0 Å². The molecule has 1 aromatic rings. The summed E-state index contributed by atoms with van der Waals surface area (Å²) in [6, 6.07) is 2.83. The van der Waals surface area contributed by atoms with E-state index in [1.165, 1.54) is 12.1 Å². The highest BCUT2D eigenvalue weighted by Gasteiger charge is 2.24.